The van der Waals surface area contributed by atoms with Gasteiger partial charge >= 0.3 is 0 Å². The highest BCUT2D eigenvalue weighted by Gasteiger charge is 2.37. The fourth-order valence-corrected chi connectivity index (χ4v) is 2.77. The van der Waals surface area contributed by atoms with Crippen LogP contribution in [0.2, 0.25) is 0 Å². The van der Waals surface area contributed by atoms with Crippen molar-refractivity contribution >= 4 is 23.4 Å². The average molecular weight is 345 g/mol. The molecule has 0 spiro atoms. The van der Waals surface area contributed by atoms with Gasteiger partial charge in [0.25, 0.3) is 0 Å². The molecule has 0 saturated carbocycles. The number of carbonyl (C=O) groups is 2. The first-order valence-electron chi connectivity index (χ1n) is 8.11. The summed E-state index contributed by atoms with van der Waals surface area (Å²) >= 11 is 0. The minimum atomic E-state index is -0.711. The number of benzene rings is 1. The van der Waals surface area contributed by atoms with E-state index in [0.717, 1.165) is 0 Å². The van der Waals surface area contributed by atoms with E-state index in [2.05, 4.69) is 10.5 Å². The van der Waals surface area contributed by atoms with E-state index >= 15 is 0 Å². The number of carbonyl (C=O) groups excluding carboxylic acids is 2. The fourth-order valence-electron chi connectivity index (χ4n) is 2.77. The van der Waals surface area contributed by atoms with Crippen molar-refractivity contribution in [2.75, 3.05) is 10.2 Å². The van der Waals surface area contributed by atoms with E-state index in [9.17, 15) is 14.0 Å². The van der Waals surface area contributed by atoms with E-state index < -0.39 is 11.9 Å². The minimum absolute atomic E-state index is 0.205. The number of nitrogens with zero attached hydrogens (tertiary/aromatic N) is 2. The normalized spacial score (nSPS) is 17.8. The van der Waals surface area contributed by atoms with Crippen molar-refractivity contribution in [1.29, 1.82) is 0 Å². The van der Waals surface area contributed by atoms with Crippen molar-refractivity contribution in [1.82, 2.24) is 5.16 Å². The number of nitrogens with one attached hydrogen (secondary N) is 1. The van der Waals surface area contributed by atoms with Crippen molar-refractivity contribution < 1.29 is 18.5 Å². The van der Waals surface area contributed by atoms with Crippen LogP contribution >= 0.6 is 0 Å². The van der Waals surface area contributed by atoms with E-state index in [1.807, 2.05) is 20.8 Å². The molecule has 6 nitrogen and oxygen atoms in total. The highest BCUT2D eigenvalue weighted by atomic mass is 19.1. The van der Waals surface area contributed by atoms with E-state index in [1.54, 1.807) is 12.1 Å². The molecule has 3 rings (SSSR count). The summed E-state index contributed by atoms with van der Waals surface area (Å²) in [5.74, 6) is -0.819. The second kappa shape index (κ2) is 6.31. The lowest BCUT2D eigenvalue weighted by molar-refractivity contribution is -0.120. The Morgan fingerprint density at radius 1 is 1.36 bits per heavy atom. The molecule has 7 heteroatoms. The highest BCUT2D eigenvalue weighted by Crippen LogP contribution is 2.29. The number of aromatic nitrogens is 1. The summed E-state index contributed by atoms with van der Waals surface area (Å²) in [7, 11) is 0. The van der Waals surface area contributed by atoms with Crippen molar-refractivity contribution in [3.05, 3.63) is 41.8 Å². The van der Waals surface area contributed by atoms with Crippen molar-refractivity contribution in [3.8, 4) is 0 Å². The van der Waals surface area contributed by atoms with Gasteiger partial charge in [-0.1, -0.05) is 32.0 Å². The Bertz CT molecular complexity index is 810. The fraction of sp³-hybridized carbons (Fsp3) is 0.389. The molecule has 1 atom stereocenters. The third-order valence-electron chi connectivity index (χ3n) is 4.13. The van der Waals surface area contributed by atoms with E-state index in [1.165, 1.54) is 23.1 Å². The largest absolute Gasteiger partial charge is 0.338 e. The lowest BCUT2D eigenvalue weighted by Crippen LogP contribution is -2.41. The third-order valence-corrected chi connectivity index (χ3v) is 4.13. The summed E-state index contributed by atoms with van der Waals surface area (Å²) in [6, 6.07) is 6.62. The van der Waals surface area contributed by atoms with Crippen LogP contribution in [0.25, 0.3) is 0 Å². The monoisotopic (exact) mass is 345 g/mol. The molecule has 1 fully saturated rings. The third kappa shape index (κ3) is 3.55. The SMILES string of the molecule is CC(C)(C)c1cc(NC(=O)[C@@H]2CCC(=O)N2c2cccc(F)c2)on1. The van der Waals surface area contributed by atoms with Gasteiger partial charge in [-0.2, -0.15) is 0 Å². The molecule has 1 aromatic heterocycles. The number of hydrogen-bond acceptors (Lipinski definition) is 4. The highest BCUT2D eigenvalue weighted by molar-refractivity contribution is 6.07. The number of hydrogen-bond donors (Lipinski definition) is 1. The van der Waals surface area contributed by atoms with Crippen LogP contribution in [0.15, 0.2) is 34.9 Å². The zero-order valence-electron chi connectivity index (χ0n) is 14.4. The van der Waals surface area contributed by atoms with Crippen LogP contribution in [0.3, 0.4) is 0 Å². The van der Waals surface area contributed by atoms with Crippen LogP contribution in [0.4, 0.5) is 16.0 Å². The number of halogens is 1. The molecule has 2 heterocycles. The number of anilines is 2. The molecule has 1 aliphatic heterocycles. The van der Waals surface area contributed by atoms with Gasteiger partial charge in [-0.15, -0.1) is 0 Å². The average Bonchev–Trinajstić information content (AvgIpc) is 3.13. The van der Waals surface area contributed by atoms with E-state index in [-0.39, 0.29) is 29.5 Å². The maximum absolute atomic E-state index is 13.5. The Kier molecular flexibility index (Phi) is 4.32. The predicted molar refractivity (Wildman–Crippen MR) is 90.7 cm³/mol. The quantitative estimate of drug-likeness (QED) is 0.926. The molecule has 2 amide bonds. The Morgan fingerprint density at radius 2 is 2.12 bits per heavy atom. The maximum Gasteiger partial charge on any atom is 0.249 e. The van der Waals surface area contributed by atoms with Gasteiger partial charge in [0.2, 0.25) is 17.7 Å². The molecule has 1 aromatic carbocycles. The summed E-state index contributed by atoms with van der Waals surface area (Å²) in [6.07, 6.45) is 0.597. The Hall–Kier alpha value is -2.70. The first kappa shape index (κ1) is 17.1. The van der Waals surface area contributed by atoms with Gasteiger partial charge < -0.3 is 4.52 Å². The Morgan fingerprint density at radius 3 is 2.76 bits per heavy atom. The molecule has 1 saturated heterocycles. The van der Waals surface area contributed by atoms with Gasteiger partial charge in [-0.25, -0.2) is 4.39 Å². The molecule has 0 aliphatic carbocycles. The van der Waals surface area contributed by atoms with Gasteiger partial charge in [-0.05, 0) is 24.6 Å². The maximum atomic E-state index is 13.5. The second-order valence-corrected chi connectivity index (χ2v) is 7.11. The topological polar surface area (TPSA) is 75.4 Å². The van der Waals surface area contributed by atoms with Gasteiger partial charge in [0.05, 0.1) is 5.69 Å². The van der Waals surface area contributed by atoms with Crippen LogP contribution in [-0.4, -0.2) is 23.0 Å². The molecular weight excluding hydrogens is 325 g/mol. The van der Waals surface area contributed by atoms with Gasteiger partial charge in [0.1, 0.15) is 11.9 Å². The van der Waals surface area contributed by atoms with E-state index in [4.69, 9.17) is 4.52 Å². The zero-order valence-corrected chi connectivity index (χ0v) is 14.4. The molecule has 2 aromatic rings. The standard InChI is InChI=1S/C18H20FN3O3/c1-18(2,3)14-10-15(25-21-14)20-17(24)13-7-8-16(23)22(13)12-6-4-5-11(19)9-12/h4-6,9-10,13H,7-8H2,1-3H3,(H,20,24)/t13-/m0/s1. The summed E-state index contributed by atoms with van der Waals surface area (Å²) in [5, 5.41) is 6.61. The van der Waals surface area contributed by atoms with Crippen molar-refractivity contribution in [2.24, 2.45) is 0 Å². The minimum Gasteiger partial charge on any atom is -0.338 e. The van der Waals surface area contributed by atoms with E-state index in [0.29, 0.717) is 17.8 Å². The van der Waals surface area contributed by atoms with Gasteiger partial charge in [0, 0.05) is 23.6 Å². The van der Waals surface area contributed by atoms with Crippen LogP contribution in [0.1, 0.15) is 39.3 Å². The Balaban J connectivity index is 1.79. The van der Waals surface area contributed by atoms with Crippen LogP contribution in [0.5, 0.6) is 0 Å². The number of amides is 2. The molecule has 25 heavy (non-hydrogen) atoms. The summed E-state index contributed by atoms with van der Waals surface area (Å²) in [4.78, 5) is 26.1. The smallest absolute Gasteiger partial charge is 0.249 e. The first-order chi connectivity index (χ1) is 11.8. The van der Waals surface area contributed by atoms with Crippen LogP contribution in [0, 0.1) is 5.82 Å². The zero-order chi connectivity index (χ0) is 18.2. The molecule has 0 radical (unpaired) electrons. The van der Waals surface area contributed by atoms with Crippen molar-refractivity contribution in [3.63, 3.8) is 0 Å². The summed E-state index contributed by atoms with van der Waals surface area (Å²) in [6.45, 7) is 5.95. The lowest BCUT2D eigenvalue weighted by Gasteiger charge is -2.23. The molecule has 132 valence electrons. The molecule has 0 bridgehead atoms. The predicted octanol–water partition coefficient (Wildman–Crippen LogP) is 3.25. The second-order valence-electron chi connectivity index (χ2n) is 7.11. The summed E-state index contributed by atoms with van der Waals surface area (Å²) in [5.41, 5.74) is 0.881. The molecule has 0 unspecified atom stereocenters. The van der Waals surface area contributed by atoms with Gasteiger partial charge in [-0.3, -0.25) is 19.8 Å². The van der Waals surface area contributed by atoms with Crippen LogP contribution in [-0.2, 0) is 15.0 Å². The molecule has 1 N–H and O–H groups in total. The summed E-state index contributed by atoms with van der Waals surface area (Å²) < 4.78 is 18.6. The first-order valence-corrected chi connectivity index (χ1v) is 8.11. The lowest BCUT2D eigenvalue weighted by atomic mass is 9.92. The molecule has 1 aliphatic rings. The Labute approximate surface area is 145 Å². The van der Waals surface area contributed by atoms with Gasteiger partial charge in [0.15, 0.2) is 0 Å². The molecular formula is C18H20FN3O3. The number of rotatable bonds is 3. The van der Waals surface area contributed by atoms with Crippen molar-refractivity contribution in [2.45, 2.75) is 45.1 Å². The van der Waals surface area contributed by atoms with Crippen LogP contribution < -0.4 is 10.2 Å².